The van der Waals surface area contributed by atoms with Crippen molar-refractivity contribution < 1.29 is 5.11 Å². The molecule has 0 aromatic rings. The number of hydrogen-bond acceptors (Lipinski definition) is 1. The Morgan fingerprint density at radius 2 is 1.75 bits per heavy atom. The summed E-state index contributed by atoms with van der Waals surface area (Å²) in [6.45, 7) is 1.93. The van der Waals surface area contributed by atoms with E-state index in [0.29, 0.717) is 0 Å². The molecule has 2 heteroatoms. The molecule has 0 atom stereocenters. The first-order valence-electron chi connectivity index (χ1n) is 1.02. The van der Waals surface area contributed by atoms with Crippen molar-refractivity contribution >= 4 is 23.9 Å². The maximum absolute atomic E-state index is 7.57. The maximum Gasteiger partial charge on any atom is 2.00 e. The first-order valence-corrected chi connectivity index (χ1v) is 1.02. The summed E-state index contributed by atoms with van der Waals surface area (Å²) in [5, 5.41) is 7.57. The van der Waals surface area contributed by atoms with Gasteiger partial charge in [0.1, 0.15) is 0 Å². The molecule has 1 N–H and O–H groups in total. The van der Waals surface area contributed by atoms with E-state index in [2.05, 4.69) is 0 Å². The van der Waals surface area contributed by atoms with Crippen molar-refractivity contribution in [2.24, 2.45) is 0 Å². The van der Waals surface area contributed by atoms with E-state index in [9.17, 15) is 0 Å². The third-order valence-corrected chi connectivity index (χ3v) is 0. The number of hydrogen-bond donors (Lipinski definition) is 1. The molecule has 1 nitrogen and oxygen atoms in total. The van der Waals surface area contributed by atoms with Gasteiger partial charge in [-0.25, -0.2) is 0 Å². The fraction of sp³-hybridized carbons (Fsp3) is 1.00. The van der Waals surface area contributed by atoms with E-state index in [4.69, 9.17) is 5.11 Å². The molecule has 0 amide bonds. The molecule has 0 bridgehead atoms. The summed E-state index contributed by atoms with van der Waals surface area (Å²) in [5.74, 6) is 0. The standard InChI is InChI=1S/C2H6O.Sn/c1-2-3;/h3H,2H2,1H3;/q;+2. The van der Waals surface area contributed by atoms with Crippen LogP contribution in [0.15, 0.2) is 0 Å². The van der Waals surface area contributed by atoms with Crippen LogP contribution in [-0.4, -0.2) is 35.6 Å². The van der Waals surface area contributed by atoms with Crippen LogP contribution < -0.4 is 0 Å². The quantitative estimate of drug-likeness (QED) is 0.484. The molecule has 0 rings (SSSR count). The molecule has 0 aliphatic carbocycles. The van der Waals surface area contributed by atoms with Crippen LogP contribution in [-0.2, 0) is 0 Å². The van der Waals surface area contributed by atoms with Crippen LogP contribution in [0.3, 0.4) is 0 Å². The summed E-state index contributed by atoms with van der Waals surface area (Å²) in [4.78, 5) is 0. The molecule has 0 aliphatic rings. The van der Waals surface area contributed by atoms with E-state index < -0.39 is 0 Å². The molecule has 0 aromatic heterocycles. The molecule has 0 aliphatic heterocycles. The van der Waals surface area contributed by atoms with Crippen LogP contribution >= 0.6 is 0 Å². The van der Waals surface area contributed by atoms with Crippen LogP contribution in [0.4, 0.5) is 0 Å². The normalized spacial score (nSPS) is 4.50. The van der Waals surface area contributed by atoms with Gasteiger partial charge in [-0.15, -0.1) is 0 Å². The Morgan fingerprint density at radius 1 is 1.75 bits per heavy atom. The smallest absolute Gasteiger partial charge is 0.397 e. The summed E-state index contributed by atoms with van der Waals surface area (Å²) in [7, 11) is 0. The van der Waals surface area contributed by atoms with Crippen molar-refractivity contribution in [3.63, 3.8) is 0 Å². The number of rotatable bonds is 0. The third kappa shape index (κ3) is 14.8. The second kappa shape index (κ2) is 9.25. The molecule has 4 heavy (non-hydrogen) atoms. The topological polar surface area (TPSA) is 20.2 Å². The Kier molecular flexibility index (Phi) is 20.4. The molecule has 0 spiro atoms. The molecule has 0 saturated carbocycles. The van der Waals surface area contributed by atoms with Gasteiger partial charge in [0.2, 0.25) is 0 Å². The van der Waals surface area contributed by atoms with Gasteiger partial charge in [0, 0.05) is 6.61 Å². The Balaban J connectivity index is 0. The van der Waals surface area contributed by atoms with Gasteiger partial charge in [0.25, 0.3) is 0 Å². The SMILES string of the molecule is CCO.[Sn+2]. The van der Waals surface area contributed by atoms with Gasteiger partial charge in [-0.05, 0) is 6.92 Å². The molecule has 2 radical (unpaired) electrons. The molecule has 0 aromatic carbocycles. The van der Waals surface area contributed by atoms with Crippen LogP contribution in [0.5, 0.6) is 0 Å². The van der Waals surface area contributed by atoms with Crippen molar-refractivity contribution in [1.29, 1.82) is 0 Å². The van der Waals surface area contributed by atoms with Gasteiger partial charge in [-0.1, -0.05) is 0 Å². The van der Waals surface area contributed by atoms with E-state index >= 15 is 0 Å². The predicted octanol–water partition coefficient (Wildman–Crippen LogP) is -0.382. The Labute approximate surface area is 43.0 Å². The number of aliphatic hydroxyl groups is 1. The Morgan fingerprint density at radius 3 is 1.75 bits per heavy atom. The van der Waals surface area contributed by atoms with Crippen molar-refractivity contribution in [2.45, 2.75) is 6.92 Å². The van der Waals surface area contributed by atoms with Crippen molar-refractivity contribution in [2.75, 3.05) is 6.61 Å². The molecular formula is C2H6OSn+2. The zero-order valence-electron chi connectivity index (χ0n) is 2.65. The van der Waals surface area contributed by atoms with Gasteiger partial charge in [-0.2, -0.15) is 0 Å². The van der Waals surface area contributed by atoms with Crippen LogP contribution in [0, 0.1) is 0 Å². The van der Waals surface area contributed by atoms with Crippen LogP contribution in [0.1, 0.15) is 6.92 Å². The second-order valence-electron chi connectivity index (χ2n) is 0.316. The predicted molar refractivity (Wildman–Crippen MR) is 18.5 cm³/mol. The zero-order chi connectivity index (χ0) is 2.71. The van der Waals surface area contributed by atoms with Gasteiger partial charge in [0.05, 0.1) is 0 Å². The van der Waals surface area contributed by atoms with Crippen LogP contribution in [0.2, 0.25) is 0 Å². The summed E-state index contributed by atoms with van der Waals surface area (Å²) in [5.41, 5.74) is 0. The van der Waals surface area contributed by atoms with Gasteiger partial charge < -0.3 is 5.11 Å². The average molecular weight is 165 g/mol. The molecule has 0 saturated heterocycles. The second-order valence-corrected chi connectivity index (χ2v) is 0.316. The molecule has 0 fully saturated rings. The van der Waals surface area contributed by atoms with E-state index in [-0.39, 0.29) is 30.5 Å². The van der Waals surface area contributed by atoms with E-state index in [1.54, 1.807) is 6.92 Å². The fourth-order valence-electron chi connectivity index (χ4n) is 0. The van der Waals surface area contributed by atoms with Gasteiger partial charge in [-0.3, -0.25) is 0 Å². The summed E-state index contributed by atoms with van der Waals surface area (Å²) >= 11 is 0. The minimum absolute atomic E-state index is 0. The molecule has 22 valence electrons. The average Bonchev–Trinajstić information content (AvgIpc) is 0.918. The Bertz CT molecular complexity index is 6.00. The summed E-state index contributed by atoms with van der Waals surface area (Å²) < 4.78 is 0. The van der Waals surface area contributed by atoms with E-state index in [1.165, 1.54) is 0 Å². The van der Waals surface area contributed by atoms with E-state index in [0.717, 1.165) is 0 Å². The van der Waals surface area contributed by atoms with Crippen LogP contribution in [0.25, 0.3) is 0 Å². The van der Waals surface area contributed by atoms with Gasteiger partial charge >= 0.3 is 23.9 Å². The summed E-state index contributed by atoms with van der Waals surface area (Å²) in [6, 6.07) is 0. The minimum Gasteiger partial charge on any atom is -0.397 e. The monoisotopic (exact) mass is 166 g/mol. The zero-order valence-corrected chi connectivity index (χ0v) is 5.51. The molecular weight excluding hydrogens is 159 g/mol. The maximum atomic E-state index is 7.57. The fourth-order valence-corrected chi connectivity index (χ4v) is 0. The first-order chi connectivity index (χ1) is 1.41. The number of aliphatic hydroxyl groups excluding tert-OH is 1. The van der Waals surface area contributed by atoms with Crippen molar-refractivity contribution in [1.82, 2.24) is 0 Å². The summed E-state index contributed by atoms with van der Waals surface area (Å²) in [6.07, 6.45) is 0. The molecule has 0 unspecified atom stereocenters. The van der Waals surface area contributed by atoms with Crippen molar-refractivity contribution in [3.05, 3.63) is 0 Å². The first kappa shape index (κ1) is 8.83. The molecule has 0 heterocycles. The minimum atomic E-state index is 0. The Hall–Kier alpha value is 0.759. The third-order valence-electron chi connectivity index (χ3n) is 0. The largest absolute Gasteiger partial charge is 2.00 e. The van der Waals surface area contributed by atoms with Crippen molar-refractivity contribution in [3.8, 4) is 0 Å². The van der Waals surface area contributed by atoms with Gasteiger partial charge in [0.15, 0.2) is 0 Å². The van der Waals surface area contributed by atoms with E-state index in [1.807, 2.05) is 0 Å².